The molecule has 3 aromatic rings. The third-order valence-corrected chi connectivity index (χ3v) is 8.55. The minimum Gasteiger partial charge on any atom is -0.366 e. The number of likely N-dealkylation sites (N-methyl/N-ethyl adjacent to an activating group) is 1. The number of benzene rings is 3. The lowest BCUT2D eigenvalue weighted by Gasteiger charge is -2.31. The second-order valence-electron chi connectivity index (χ2n) is 11.1. The van der Waals surface area contributed by atoms with E-state index in [0.29, 0.717) is 11.1 Å². The van der Waals surface area contributed by atoms with Gasteiger partial charge in [-0.1, -0.05) is 89.8 Å². The average Bonchev–Trinajstić information content (AvgIpc) is 3.01. The van der Waals surface area contributed by atoms with Gasteiger partial charge in [0.25, 0.3) is 0 Å². The molecule has 1 fully saturated rings. The highest BCUT2D eigenvalue weighted by Crippen LogP contribution is 2.36. The molecule has 0 radical (unpaired) electrons. The fraction of sp³-hybridized carbons (Fsp3) is 0.353. The van der Waals surface area contributed by atoms with Crippen molar-refractivity contribution in [2.75, 3.05) is 7.05 Å². The summed E-state index contributed by atoms with van der Waals surface area (Å²) >= 11 is 3.46. The van der Waals surface area contributed by atoms with Gasteiger partial charge in [-0.25, -0.2) is 0 Å². The molecule has 3 atom stereocenters. The summed E-state index contributed by atoms with van der Waals surface area (Å²) in [6, 6.07) is 22.1. The molecule has 0 heterocycles. The van der Waals surface area contributed by atoms with Crippen LogP contribution in [0.1, 0.15) is 65.1 Å². The first kappa shape index (κ1) is 31.9. The Balaban J connectivity index is 1.63. The van der Waals surface area contributed by atoms with Crippen LogP contribution in [-0.2, 0) is 27.2 Å². The summed E-state index contributed by atoms with van der Waals surface area (Å²) in [5.74, 6) is -1.90. The minimum absolute atomic E-state index is 0.113. The van der Waals surface area contributed by atoms with Gasteiger partial charge in [-0.2, -0.15) is 0 Å². The normalized spacial score (nSPS) is 15.5. The Labute approximate surface area is 261 Å². The van der Waals surface area contributed by atoms with E-state index in [1.165, 1.54) is 7.05 Å². The van der Waals surface area contributed by atoms with E-state index >= 15 is 0 Å². The van der Waals surface area contributed by atoms with Crippen molar-refractivity contribution in [2.24, 2.45) is 11.7 Å². The van der Waals surface area contributed by atoms with E-state index in [9.17, 15) is 19.2 Å². The molecule has 1 aliphatic carbocycles. The summed E-state index contributed by atoms with van der Waals surface area (Å²) in [5, 5.41) is 8.56. The highest BCUT2D eigenvalue weighted by atomic mass is 79.9. The maximum atomic E-state index is 14.1. The Hall–Kier alpha value is -3.98. The standard InChI is InChI=1S/C34H39BrN4O4/c1-37-32(41)28(21-23-11-9-17-27(35)19-23)38-33(42)29(20-22-10-8-16-26(18-22)31(36)40)39-34(43)30(24-12-4-2-5-13-24)25-14-6-3-7-15-25/h2,4-5,8-13,16-19,25,28-30H,3,6-7,14-15,20-21H2,1H3,(H2,36,40)(H,37,41)(H,38,42)(H,39,43)/t28-,29-,30?/m0/s1. The smallest absolute Gasteiger partial charge is 0.248 e. The van der Waals surface area contributed by atoms with Crippen LogP contribution in [0.25, 0.3) is 0 Å². The molecule has 0 aromatic heterocycles. The van der Waals surface area contributed by atoms with Crippen LogP contribution in [0.4, 0.5) is 0 Å². The second kappa shape index (κ2) is 15.5. The molecule has 1 aliphatic rings. The van der Waals surface area contributed by atoms with Crippen LogP contribution in [0.15, 0.2) is 83.3 Å². The molecule has 3 aromatic carbocycles. The lowest BCUT2D eigenvalue weighted by molar-refractivity contribution is -0.132. The molecule has 0 bridgehead atoms. The first-order chi connectivity index (χ1) is 20.7. The molecular weight excluding hydrogens is 608 g/mol. The third kappa shape index (κ3) is 9.00. The fourth-order valence-corrected chi connectivity index (χ4v) is 6.33. The molecule has 0 saturated heterocycles. The molecular formula is C34H39BrN4O4. The molecule has 4 rings (SSSR count). The number of rotatable bonds is 12. The number of primary amides is 1. The van der Waals surface area contributed by atoms with Crippen molar-refractivity contribution >= 4 is 39.6 Å². The molecule has 1 unspecified atom stereocenters. The van der Waals surface area contributed by atoms with Crippen molar-refractivity contribution in [3.63, 3.8) is 0 Å². The Morgan fingerprint density at radius 1 is 0.767 bits per heavy atom. The van der Waals surface area contributed by atoms with Gasteiger partial charge in [0.15, 0.2) is 0 Å². The van der Waals surface area contributed by atoms with Gasteiger partial charge in [0.2, 0.25) is 23.6 Å². The van der Waals surface area contributed by atoms with Crippen molar-refractivity contribution in [1.82, 2.24) is 16.0 Å². The number of carbonyl (C=O) groups is 4. The van der Waals surface area contributed by atoms with Gasteiger partial charge >= 0.3 is 0 Å². The number of nitrogens with two attached hydrogens (primary N) is 1. The van der Waals surface area contributed by atoms with E-state index in [-0.39, 0.29) is 30.6 Å². The third-order valence-electron chi connectivity index (χ3n) is 8.05. The van der Waals surface area contributed by atoms with Crippen LogP contribution < -0.4 is 21.7 Å². The molecule has 5 N–H and O–H groups in total. The zero-order valence-corrected chi connectivity index (χ0v) is 25.9. The fourth-order valence-electron chi connectivity index (χ4n) is 5.88. The highest BCUT2D eigenvalue weighted by Gasteiger charge is 2.34. The van der Waals surface area contributed by atoms with E-state index in [0.717, 1.165) is 47.7 Å². The van der Waals surface area contributed by atoms with Crippen LogP contribution in [0.5, 0.6) is 0 Å². The molecule has 0 aliphatic heterocycles. The van der Waals surface area contributed by atoms with E-state index in [4.69, 9.17) is 5.73 Å². The van der Waals surface area contributed by atoms with Crippen LogP contribution >= 0.6 is 15.9 Å². The summed E-state index contributed by atoms with van der Waals surface area (Å²) in [6.45, 7) is 0. The summed E-state index contributed by atoms with van der Waals surface area (Å²) in [5.41, 5.74) is 8.25. The van der Waals surface area contributed by atoms with Gasteiger partial charge in [0.1, 0.15) is 12.1 Å². The largest absolute Gasteiger partial charge is 0.366 e. The van der Waals surface area contributed by atoms with Crippen LogP contribution in [0.2, 0.25) is 0 Å². The second-order valence-corrected chi connectivity index (χ2v) is 12.0. The maximum absolute atomic E-state index is 14.1. The number of hydrogen-bond acceptors (Lipinski definition) is 4. The monoisotopic (exact) mass is 646 g/mol. The van der Waals surface area contributed by atoms with E-state index in [2.05, 4.69) is 31.9 Å². The zero-order valence-electron chi connectivity index (χ0n) is 24.4. The van der Waals surface area contributed by atoms with Gasteiger partial charge in [0, 0.05) is 29.9 Å². The molecule has 8 nitrogen and oxygen atoms in total. The van der Waals surface area contributed by atoms with E-state index in [1.807, 2.05) is 54.6 Å². The first-order valence-electron chi connectivity index (χ1n) is 14.8. The molecule has 4 amide bonds. The Kier molecular flexibility index (Phi) is 11.5. The predicted octanol–water partition coefficient (Wildman–Crippen LogP) is 4.41. The van der Waals surface area contributed by atoms with Crippen LogP contribution in [0.3, 0.4) is 0 Å². The van der Waals surface area contributed by atoms with Crippen LogP contribution in [0, 0.1) is 5.92 Å². The van der Waals surface area contributed by atoms with Gasteiger partial charge in [-0.3, -0.25) is 19.2 Å². The number of hydrogen-bond donors (Lipinski definition) is 4. The van der Waals surface area contributed by atoms with Crippen molar-refractivity contribution in [1.29, 1.82) is 0 Å². The number of halogens is 1. The van der Waals surface area contributed by atoms with Gasteiger partial charge < -0.3 is 21.7 Å². The molecule has 43 heavy (non-hydrogen) atoms. The Bertz CT molecular complexity index is 1420. The quantitative estimate of drug-likeness (QED) is 0.232. The SMILES string of the molecule is CNC(=O)[C@H](Cc1cccc(Br)c1)NC(=O)[C@H](Cc1cccc(C(N)=O)c1)NC(=O)C(c1ccccc1)C1CCCCC1. The predicted molar refractivity (Wildman–Crippen MR) is 170 cm³/mol. The van der Waals surface area contributed by atoms with Gasteiger partial charge in [-0.15, -0.1) is 0 Å². The topological polar surface area (TPSA) is 130 Å². The Morgan fingerprint density at radius 2 is 1.37 bits per heavy atom. The lowest BCUT2D eigenvalue weighted by Crippen LogP contribution is -2.55. The van der Waals surface area contributed by atoms with Crippen molar-refractivity contribution in [3.05, 3.63) is 106 Å². The first-order valence-corrected chi connectivity index (χ1v) is 15.5. The van der Waals surface area contributed by atoms with Crippen molar-refractivity contribution in [2.45, 2.75) is 62.9 Å². The number of carbonyl (C=O) groups excluding carboxylic acids is 4. The lowest BCUT2D eigenvalue weighted by atomic mass is 9.76. The summed E-state index contributed by atoms with van der Waals surface area (Å²) in [4.78, 5) is 52.7. The number of amides is 4. The van der Waals surface area contributed by atoms with E-state index in [1.54, 1.807) is 24.3 Å². The maximum Gasteiger partial charge on any atom is 0.248 e. The van der Waals surface area contributed by atoms with E-state index < -0.39 is 29.8 Å². The Morgan fingerprint density at radius 3 is 2.00 bits per heavy atom. The van der Waals surface area contributed by atoms with Crippen LogP contribution in [-0.4, -0.2) is 42.8 Å². The molecule has 9 heteroatoms. The molecule has 1 saturated carbocycles. The molecule has 226 valence electrons. The number of nitrogens with one attached hydrogen (secondary N) is 3. The summed E-state index contributed by atoms with van der Waals surface area (Å²) < 4.78 is 0.862. The summed E-state index contributed by atoms with van der Waals surface area (Å²) in [7, 11) is 1.52. The zero-order chi connectivity index (χ0) is 30.8. The highest BCUT2D eigenvalue weighted by molar-refractivity contribution is 9.10. The van der Waals surface area contributed by atoms with Gasteiger partial charge in [0.05, 0.1) is 5.92 Å². The van der Waals surface area contributed by atoms with Gasteiger partial charge in [-0.05, 0) is 59.7 Å². The minimum atomic E-state index is -1.000. The van der Waals surface area contributed by atoms with Crippen molar-refractivity contribution in [3.8, 4) is 0 Å². The average molecular weight is 648 g/mol. The molecule has 0 spiro atoms. The van der Waals surface area contributed by atoms with Crippen molar-refractivity contribution < 1.29 is 19.2 Å². The summed E-state index contributed by atoms with van der Waals surface area (Å²) in [6.07, 6.45) is 5.54.